The highest BCUT2D eigenvalue weighted by Gasteiger charge is 2.31. The summed E-state index contributed by atoms with van der Waals surface area (Å²) in [5, 5.41) is 19.6. The number of aliphatic hydroxyl groups excluding tert-OH is 2. The molecule has 0 saturated carbocycles. The average molecular weight is 171 g/mol. The van der Waals surface area contributed by atoms with Crippen LogP contribution in [0.2, 0.25) is 0 Å². The topological polar surface area (TPSA) is 86.6 Å². The largest absolute Gasteiger partial charge is 0.393 e. The number of aliphatic hydroxyl groups is 2. The van der Waals surface area contributed by atoms with Crippen molar-refractivity contribution in [3.63, 3.8) is 0 Å². The Bertz CT molecular complexity index is 269. The van der Waals surface area contributed by atoms with Crippen molar-refractivity contribution in [2.24, 2.45) is 0 Å². The first-order valence-electron chi connectivity index (χ1n) is 3.43. The van der Waals surface area contributed by atoms with Gasteiger partial charge in [-0.15, -0.1) is 0 Å². The van der Waals surface area contributed by atoms with E-state index in [0.29, 0.717) is 0 Å². The zero-order valence-corrected chi connectivity index (χ0v) is 6.50. The molecule has 0 aromatic rings. The molecule has 5 heteroatoms. The predicted molar refractivity (Wildman–Crippen MR) is 38.9 cm³/mol. The molecule has 0 fully saturated rings. The van der Waals surface area contributed by atoms with E-state index in [1.807, 2.05) is 5.32 Å². The Hall–Kier alpha value is -1.20. The van der Waals surface area contributed by atoms with Crippen LogP contribution in [0.4, 0.5) is 0 Å². The molecule has 12 heavy (non-hydrogen) atoms. The number of nitrogens with one attached hydrogen (secondary N) is 1. The van der Waals surface area contributed by atoms with E-state index in [9.17, 15) is 9.59 Å². The van der Waals surface area contributed by atoms with E-state index in [4.69, 9.17) is 10.2 Å². The van der Waals surface area contributed by atoms with Crippen LogP contribution in [0, 0.1) is 0 Å². The van der Waals surface area contributed by atoms with Crippen molar-refractivity contribution in [1.29, 1.82) is 0 Å². The Morgan fingerprint density at radius 3 is 2.33 bits per heavy atom. The first-order valence-corrected chi connectivity index (χ1v) is 3.43. The van der Waals surface area contributed by atoms with Gasteiger partial charge in [-0.25, -0.2) is 0 Å². The van der Waals surface area contributed by atoms with Crippen LogP contribution in [0.5, 0.6) is 0 Å². The second kappa shape index (κ2) is 3.04. The molecule has 0 aromatic heterocycles. The molecular weight excluding hydrogens is 162 g/mol. The van der Waals surface area contributed by atoms with Gasteiger partial charge in [0.15, 0.2) is 0 Å². The zero-order chi connectivity index (χ0) is 9.30. The summed E-state index contributed by atoms with van der Waals surface area (Å²) in [5.41, 5.74) is 0.129. The molecule has 2 amide bonds. The van der Waals surface area contributed by atoms with Crippen molar-refractivity contribution in [1.82, 2.24) is 5.32 Å². The first kappa shape index (κ1) is 8.89. The van der Waals surface area contributed by atoms with Crippen molar-refractivity contribution in [2.75, 3.05) is 6.61 Å². The summed E-state index contributed by atoms with van der Waals surface area (Å²) >= 11 is 0. The molecule has 1 heterocycles. The third kappa shape index (κ3) is 1.24. The highest BCUT2D eigenvalue weighted by atomic mass is 16.3. The smallest absolute Gasteiger partial charge is 0.257 e. The van der Waals surface area contributed by atoms with Crippen LogP contribution in [0.3, 0.4) is 0 Å². The van der Waals surface area contributed by atoms with Crippen LogP contribution < -0.4 is 5.32 Å². The second-order valence-corrected chi connectivity index (χ2v) is 2.52. The van der Waals surface area contributed by atoms with Crippen LogP contribution >= 0.6 is 0 Å². The van der Waals surface area contributed by atoms with Gasteiger partial charge in [0, 0.05) is 5.57 Å². The Morgan fingerprint density at radius 2 is 2.00 bits per heavy atom. The van der Waals surface area contributed by atoms with E-state index in [1.54, 1.807) is 0 Å². The number of imide groups is 1. The molecule has 0 saturated heterocycles. The van der Waals surface area contributed by atoms with Crippen LogP contribution in [0.1, 0.15) is 6.92 Å². The van der Waals surface area contributed by atoms with Crippen LogP contribution in [0.25, 0.3) is 0 Å². The predicted octanol–water partition coefficient (Wildman–Crippen LogP) is -1.69. The number of amides is 2. The molecule has 5 nitrogen and oxygen atoms in total. The minimum atomic E-state index is -1.27. The van der Waals surface area contributed by atoms with Crippen LogP contribution in [-0.2, 0) is 9.59 Å². The highest BCUT2D eigenvalue weighted by Crippen LogP contribution is 2.15. The normalized spacial score (nSPS) is 19.9. The summed E-state index contributed by atoms with van der Waals surface area (Å²) in [6.45, 7) is 0.863. The van der Waals surface area contributed by atoms with Gasteiger partial charge >= 0.3 is 0 Å². The molecule has 0 radical (unpaired) electrons. The third-order valence-electron chi connectivity index (χ3n) is 1.72. The van der Waals surface area contributed by atoms with Crippen molar-refractivity contribution < 1.29 is 19.8 Å². The fourth-order valence-corrected chi connectivity index (χ4v) is 1.05. The second-order valence-electron chi connectivity index (χ2n) is 2.52. The molecule has 0 aliphatic carbocycles. The first-order chi connectivity index (χ1) is 5.57. The highest BCUT2D eigenvalue weighted by molar-refractivity contribution is 6.19. The van der Waals surface area contributed by atoms with Crippen molar-refractivity contribution in [3.05, 3.63) is 11.1 Å². The Labute approximate surface area is 68.7 Å². The fourth-order valence-electron chi connectivity index (χ4n) is 1.05. The summed E-state index contributed by atoms with van der Waals surface area (Å²) in [4.78, 5) is 21.8. The molecule has 66 valence electrons. The number of rotatable bonds is 2. The summed E-state index contributed by atoms with van der Waals surface area (Å²) in [5.74, 6) is -1.14. The maximum Gasteiger partial charge on any atom is 0.257 e. The van der Waals surface area contributed by atoms with Crippen molar-refractivity contribution in [3.8, 4) is 0 Å². The molecule has 1 rings (SSSR count). The molecule has 0 bridgehead atoms. The maximum absolute atomic E-state index is 10.9. The van der Waals surface area contributed by atoms with E-state index in [1.165, 1.54) is 6.92 Å². The SMILES string of the molecule is CC1=C([C@@H](O)CO)C(=O)NC1=O. The zero-order valence-electron chi connectivity index (χ0n) is 6.50. The van der Waals surface area contributed by atoms with Gasteiger partial charge in [-0.05, 0) is 6.92 Å². The molecule has 1 aliphatic rings. The summed E-state index contributed by atoms with van der Waals surface area (Å²) < 4.78 is 0. The lowest BCUT2D eigenvalue weighted by atomic mass is 10.1. The van der Waals surface area contributed by atoms with Gasteiger partial charge < -0.3 is 10.2 Å². The fraction of sp³-hybridized carbons (Fsp3) is 0.429. The summed E-state index contributed by atoms with van der Waals surface area (Å²) in [6, 6.07) is 0. The van der Waals surface area contributed by atoms with Crippen LogP contribution in [-0.4, -0.2) is 34.7 Å². The molecule has 0 unspecified atom stereocenters. The van der Waals surface area contributed by atoms with Gasteiger partial charge in [-0.3, -0.25) is 14.9 Å². The Morgan fingerprint density at radius 1 is 1.42 bits per heavy atom. The van der Waals surface area contributed by atoms with Gasteiger partial charge in [-0.1, -0.05) is 0 Å². The van der Waals surface area contributed by atoms with Gasteiger partial charge in [0.05, 0.1) is 12.2 Å². The number of hydrogen-bond acceptors (Lipinski definition) is 4. The quantitative estimate of drug-likeness (QED) is 0.433. The van der Waals surface area contributed by atoms with Gasteiger partial charge in [-0.2, -0.15) is 0 Å². The number of hydrogen-bond donors (Lipinski definition) is 3. The average Bonchev–Trinajstić information content (AvgIpc) is 2.26. The maximum atomic E-state index is 10.9. The standard InChI is InChI=1S/C7H9NO4/c1-3-5(4(10)2-9)7(12)8-6(3)11/h4,9-10H,2H2,1H3,(H,8,11,12)/t4-/m0/s1. The molecule has 0 spiro atoms. The Balaban J connectivity index is 3.00. The van der Waals surface area contributed by atoms with Crippen molar-refractivity contribution in [2.45, 2.75) is 13.0 Å². The van der Waals surface area contributed by atoms with Crippen molar-refractivity contribution >= 4 is 11.8 Å². The molecule has 0 aromatic carbocycles. The minimum Gasteiger partial charge on any atom is -0.393 e. The van der Waals surface area contributed by atoms with E-state index in [0.717, 1.165) is 0 Å². The monoisotopic (exact) mass is 171 g/mol. The van der Waals surface area contributed by atoms with E-state index < -0.39 is 24.5 Å². The lowest BCUT2D eigenvalue weighted by Crippen LogP contribution is -2.27. The summed E-state index contributed by atoms with van der Waals surface area (Å²) in [7, 11) is 0. The minimum absolute atomic E-state index is 0.0394. The van der Waals surface area contributed by atoms with E-state index in [2.05, 4.69) is 0 Å². The van der Waals surface area contributed by atoms with E-state index in [-0.39, 0.29) is 11.1 Å². The molecule has 1 aliphatic heterocycles. The Kier molecular flexibility index (Phi) is 2.25. The van der Waals surface area contributed by atoms with Gasteiger partial charge in [0.2, 0.25) is 0 Å². The number of carbonyl (C=O) groups is 2. The summed E-state index contributed by atoms with van der Waals surface area (Å²) in [6.07, 6.45) is -1.27. The molecular formula is C7H9NO4. The molecule has 1 atom stereocenters. The lowest BCUT2D eigenvalue weighted by molar-refractivity contribution is -0.124. The number of carbonyl (C=O) groups excluding carboxylic acids is 2. The lowest BCUT2D eigenvalue weighted by Gasteiger charge is -2.05. The third-order valence-corrected chi connectivity index (χ3v) is 1.72. The van der Waals surface area contributed by atoms with Gasteiger partial charge in [0.25, 0.3) is 11.8 Å². The van der Waals surface area contributed by atoms with Crippen LogP contribution in [0.15, 0.2) is 11.1 Å². The van der Waals surface area contributed by atoms with Gasteiger partial charge in [0.1, 0.15) is 6.10 Å². The molecule has 3 N–H and O–H groups in total. The van der Waals surface area contributed by atoms with E-state index >= 15 is 0 Å².